The quantitative estimate of drug-likeness (QED) is 0.673. The first-order valence-electron chi connectivity index (χ1n) is 5.02. The Labute approximate surface area is 80.3 Å². The molecule has 0 radical (unpaired) electrons. The van der Waals surface area contributed by atoms with Crippen LogP contribution in [0.2, 0.25) is 0 Å². The fraction of sp³-hybridized carbons (Fsp3) is 0.900. The number of hydrogen-bond acceptors (Lipinski definition) is 2. The minimum absolute atomic E-state index is 0.141. The first-order chi connectivity index (χ1) is 5.97. The van der Waals surface area contributed by atoms with E-state index in [9.17, 15) is 4.79 Å². The molecule has 1 unspecified atom stereocenters. The van der Waals surface area contributed by atoms with Gasteiger partial charge in [-0.15, -0.1) is 0 Å². The maximum Gasteiger partial charge on any atom is 0.220 e. The van der Waals surface area contributed by atoms with Gasteiger partial charge in [0.25, 0.3) is 0 Å². The van der Waals surface area contributed by atoms with Crippen LogP contribution in [0.4, 0.5) is 0 Å². The van der Waals surface area contributed by atoms with Gasteiger partial charge in [0.05, 0.1) is 0 Å². The fourth-order valence-corrected chi connectivity index (χ4v) is 1.46. The second-order valence-corrected chi connectivity index (χ2v) is 4.79. The van der Waals surface area contributed by atoms with Gasteiger partial charge in [-0.25, -0.2) is 0 Å². The number of carbonyl (C=O) groups is 1. The minimum Gasteiger partial charge on any atom is -0.352 e. The van der Waals surface area contributed by atoms with Crippen molar-refractivity contribution in [2.24, 2.45) is 0 Å². The van der Waals surface area contributed by atoms with Gasteiger partial charge in [-0.3, -0.25) is 4.79 Å². The molecule has 1 saturated heterocycles. The van der Waals surface area contributed by atoms with Crippen LogP contribution in [-0.4, -0.2) is 24.0 Å². The molecule has 3 nitrogen and oxygen atoms in total. The summed E-state index contributed by atoms with van der Waals surface area (Å²) < 4.78 is 0. The topological polar surface area (TPSA) is 41.1 Å². The number of nitrogens with one attached hydrogen (secondary N) is 2. The van der Waals surface area contributed by atoms with Gasteiger partial charge in [0.2, 0.25) is 5.91 Å². The highest BCUT2D eigenvalue weighted by atomic mass is 16.1. The lowest BCUT2D eigenvalue weighted by atomic mass is 10.0. The van der Waals surface area contributed by atoms with Crippen LogP contribution < -0.4 is 10.6 Å². The van der Waals surface area contributed by atoms with E-state index in [2.05, 4.69) is 31.4 Å². The van der Waals surface area contributed by atoms with E-state index in [1.54, 1.807) is 0 Å². The van der Waals surface area contributed by atoms with Crippen molar-refractivity contribution >= 4 is 5.91 Å². The molecule has 1 fully saturated rings. The number of carbonyl (C=O) groups excluding carboxylic acids is 1. The molecular formula is C10H20N2O. The molecule has 1 aliphatic heterocycles. The summed E-state index contributed by atoms with van der Waals surface area (Å²) in [5.74, 6) is 0.201. The standard InChI is InChI=1S/C10H20N2O/c1-10(2,3)11-7-8-5-4-6-9(13)12-8/h8,11H,4-7H2,1-3H3,(H,12,13). The van der Waals surface area contributed by atoms with Crippen molar-refractivity contribution in [2.45, 2.75) is 51.6 Å². The molecule has 1 rings (SSSR count). The van der Waals surface area contributed by atoms with Crippen molar-refractivity contribution in [1.82, 2.24) is 10.6 Å². The Kier molecular flexibility index (Phi) is 3.31. The third-order valence-corrected chi connectivity index (χ3v) is 2.20. The maximum atomic E-state index is 11.1. The van der Waals surface area contributed by atoms with Crippen LogP contribution in [-0.2, 0) is 4.79 Å². The van der Waals surface area contributed by atoms with Crippen LogP contribution in [0.1, 0.15) is 40.0 Å². The first-order valence-corrected chi connectivity index (χ1v) is 5.02. The Morgan fingerprint density at radius 3 is 2.77 bits per heavy atom. The monoisotopic (exact) mass is 184 g/mol. The lowest BCUT2D eigenvalue weighted by Gasteiger charge is -2.28. The lowest BCUT2D eigenvalue weighted by Crippen LogP contribution is -2.49. The molecular weight excluding hydrogens is 164 g/mol. The van der Waals surface area contributed by atoms with E-state index in [1.165, 1.54) is 0 Å². The number of rotatable bonds is 2. The third-order valence-electron chi connectivity index (χ3n) is 2.20. The summed E-state index contributed by atoms with van der Waals surface area (Å²) in [7, 11) is 0. The van der Waals surface area contributed by atoms with Gasteiger partial charge in [0.1, 0.15) is 0 Å². The smallest absolute Gasteiger partial charge is 0.220 e. The highest BCUT2D eigenvalue weighted by Gasteiger charge is 2.19. The number of piperidine rings is 1. The molecule has 0 spiro atoms. The summed E-state index contributed by atoms with van der Waals surface area (Å²) in [5.41, 5.74) is 0.141. The molecule has 1 amide bonds. The molecule has 1 aliphatic rings. The molecule has 3 heteroatoms. The van der Waals surface area contributed by atoms with Gasteiger partial charge in [-0.1, -0.05) is 0 Å². The molecule has 0 bridgehead atoms. The van der Waals surface area contributed by atoms with E-state index in [0.29, 0.717) is 12.5 Å². The fourth-order valence-electron chi connectivity index (χ4n) is 1.46. The summed E-state index contributed by atoms with van der Waals surface area (Å²) in [4.78, 5) is 11.1. The van der Waals surface area contributed by atoms with E-state index >= 15 is 0 Å². The maximum absolute atomic E-state index is 11.1. The van der Waals surface area contributed by atoms with E-state index < -0.39 is 0 Å². The lowest BCUT2D eigenvalue weighted by molar-refractivity contribution is -0.123. The summed E-state index contributed by atoms with van der Waals surface area (Å²) in [5, 5.41) is 6.38. The van der Waals surface area contributed by atoms with E-state index in [1.807, 2.05) is 0 Å². The van der Waals surface area contributed by atoms with E-state index in [-0.39, 0.29) is 11.4 Å². The minimum atomic E-state index is 0.141. The Balaban J connectivity index is 2.25. The molecule has 0 aromatic carbocycles. The van der Waals surface area contributed by atoms with Crippen LogP contribution in [0.5, 0.6) is 0 Å². The second kappa shape index (κ2) is 4.09. The van der Waals surface area contributed by atoms with E-state index in [0.717, 1.165) is 19.4 Å². The van der Waals surface area contributed by atoms with Gasteiger partial charge < -0.3 is 10.6 Å². The zero-order chi connectivity index (χ0) is 9.90. The molecule has 0 aromatic rings. The molecule has 13 heavy (non-hydrogen) atoms. The number of hydrogen-bond donors (Lipinski definition) is 2. The highest BCUT2D eigenvalue weighted by Crippen LogP contribution is 2.08. The second-order valence-electron chi connectivity index (χ2n) is 4.79. The van der Waals surface area contributed by atoms with Crippen molar-refractivity contribution in [3.63, 3.8) is 0 Å². The van der Waals surface area contributed by atoms with Crippen LogP contribution in [0.3, 0.4) is 0 Å². The van der Waals surface area contributed by atoms with Crippen LogP contribution in [0, 0.1) is 0 Å². The third kappa shape index (κ3) is 4.27. The summed E-state index contributed by atoms with van der Waals surface area (Å²) in [6.07, 6.45) is 2.84. The molecule has 1 atom stereocenters. The molecule has 0 aromatic heterocycles. The Hall–Kier alpha value is -0.570. The zero-order valence-corrected chi connectivity index (χ0v) is 8.81. The van der Waals surface area contributed by atoms with Crippen molar-refractivity contribution in [3.8, 4) is 0 Å². The average molecular weight is 184 g/mol. The van der Waals surface area contributed by atoms with E-state index in [4.69, 9.17) is 0 Å². The van der Waals surface area contributed by atoms with Crippen LogP contribution in [0.15, 0.2) is 0 Å². The van der Waals surface area contributed by atoms with Gasteiger partial charge in [0, 0.05) is 24.5 Å². The summed E-state index contributed by atoms with van der Waals surface area (Å²) in [6.45, 7) is 7.29. The van der Waals surface area contributed by atoms with Crippen molar-refractivity contribution in [1.29, 1.82) is 0 Å². The largest absolute Gasteiger partial charge is 0.352 e. The first kappa shape index (κ1) is 10.5. The van der Waals surface area contributed by atoms with Crippen LogP contribution in [0.25, 0.3) is 0 Å². The average Bonchev–Trinajstić information content (AvgIpc) is 2.00. The van der Waals surface area contributed by atoms with Crippen LogP contribution >= 0.6 is 0 Å². The predicted octanol–water partition coefficient (Wildman–Crippen LogP) is 1.04. The van der Waals surface area contributed by atoms with Crippen molar-refractivity contribution in [3.05, 3.63) is 0 Å². The molecule has 76 valence electrons. The molecule has 0 aliphatic carbocycles. The molecule has 0 saturated carbocycles. The molecule has 2 N–H and O–H groups in total. The van der Waals surface area contributed by atoms with Gasteiger partial charge in [-0.05, 0) is 33.6 Å². The van der Waals surface area contributed by atoms with Gasteiger partial charge in [-0.2, -0.15) is 0 Å². The summed E-state index contributed by atoms with van der Waals surface area (Å²) in [6, 6.07) is 0.334. The predicted molar refractivity (Wildman–Crippen MR) is 53.5 cm³/mol. The SMILES string of the molecule is CC(C)(C)NCC1CCCC(=O)N1. The Morgan fingerprint density at radius 2 is 2.23 bits per heavy atom. The summed E-state index contributed by atoms with van der Waals surface area (Å²) >= 11 is 0. The Bertz CT molecular complexity index is 184. The molecule has 1 heterocycles. The number of amides is 1. The van der Waals surface area contributed by atoms with Gasteiger partial charge >= 0.3 is 0 Å². The normalized spacial score (nSPS) is 24.2. The van der Waals surface area contributed by atoms with Crippen molar-refractivity contribution < 1.29 is 4.79 Å². The zero-order valence-electron chi connectivity index (χ0n) is 8.81. The highest BCUT2D eigenvalue weighted by molar-refractivity contribution is 5.76. The van der Waals surface area contributed by atoms with Crippen molar-refractivity contribution in [2.75, 3.05) is 6.54 Å². The Morgan fingerprint density at radius 1 is 1.54 bits per heavy atom. The van der Waals surface area contributed by atoms with Gasteiger partial charge in [0.15, 0.2) is 0 Å².